The number of nitrogens with zero attached hydrogens (tertiary/aromatic N) is 2. The first-order valence-corrected chi connectivity index (χ1v) is 11.2. The SMILES string of the molecule is CCOc1ccc(N2CC(C(=O)N(CC)C3CCS(=O)(=O)C3)CC2=O)cc1. The second-order valence-corrected chi connectivity index (χ2v) is 9.24. The molecule has 2 unspecified atom stereocenters. The number of carbonyl (C=O) groups is 2. The van der Waals surface area contributed by atoms with Gasteiger partial charge in [0.1, 0.15) is 5.75 Å². The second kappa shape index (κ2) is 7.88. The number of rotatable bonds is 6. The highest BCUT2D eigenvalue weighted by atomic mass is 32.2. The van der Waals surface area contributed by atoms with E-state index in [-0.39, 0.29) is 35.8 Å². The smallest absolute Gasteiger partial charge is 0.228 e. The molecule has 0 aliphatic carbocycles. The van der Waals surface area contributed by atoms with Gasteiger partial charge in [-0.1, -0.05) is 0 Å². The van der Waals surface area contributed by atoms with Crippen LogP contribution in [0, 0.1) is 5.92 Å². The summed E-state index contributed by atoms with van der Waals surface area (Å²) >= 11 is 0. The molecule has 148 valence electrons. The second-order valence-electron chi connectivity index (χ2n) is 7.01. The average Bonchev–Trinajstić information content (AvgIpc) is 3.19. The van der Waals surface area contributed by atoms with Gasteiger partial charge in [0.25, 0.3) is 0 Å². The van der Waals surface area contributed by atoms with E-state index in [1.807, 2.05) is 38.1 Å². The van der Waals surface area contributed by atoms with Gasteiger partial charge in [-0.3, -0.25) is 9.59 Å². The highest BCUT2D eigenvalue weighted by molar-refractivity contribution is 7.91. The van der Waals surface area contributed by atoms with Crippen LogP contribution in [0.3, 0.4) is 0 Å². The summed E-state index contributed by atoms with van der Waals surface area (Å²) in [5, 5.41) is 0. The van der Waals surface area contributed by atoms with Gasteiger partial charge in [-0.15, -0.1) is 0 Å². The van der Waals surface area contributed by atoms with E-state index >= 15 is 0 Å². The molecule has 0 radical (unpaired) electrons. The Bertz CT molecular complexity index is 806. The van der Waals surface area contributed by atoms with Crippen molar-refractivity contribution < 1.29 is 22.7 Å². The summed E-state index contributed by atoms with van der Waals surface area (Å²) in [6.07, 6.45) is 0.632. The quantitative estimate of drug-likeness (QED) is 0.730. The van der Waals surface area contributed by atoms with E-state index in [0.29, 0.717) is 26.1 Å². The zero-order chi connectivity index (χ0) is 19.6. The lowest BCUT2D eigenvalue weighted by atomic mass is 10.1. The third kappa shape index (κ3) is 4.26. The van der Waals surface area contributed by atoms with Crippen molar-refractivity contribution >= 4 is 27.3 Å². The lowest BCUT2D eigenvalue weighted by Gasteiger charge is -2.29. The summed E-state index contributed by atoms with van der Waals surface area (Å²) in [5.41, 5.74) is 0.741. The number of ether oxygens (including phenoxy) is 1. The summed E-state index contributed by atoms with van der Waals surface area (Å²) < 4.78 is 28.9. The van der Waals surface area contributed by atoms with Crippen molar-refractivity contribution in [2.75, 3.05) is 36.1 Å². The van der Waals surface area contributed by atoms with Crippen LogP contribution in [0.2, 0.25) is 0 Å². The Balaban J connectivity index is 1.69. The molecule has 0 bridgehead atoms. The molecule has 2 aliphatic heterocycles. The van der Waals surface area contributed by atoms with Crippen LogP contribution in [0.15, 0.2) is 24.3 Å². The molecule has 8 heteroatoms. The number of anilines is 1. The molecular formula is C19H26N2O5S. The van der Waals surface area contributed by atoms with E-state index in [2.05, 4.69) is 0 Å². The Morgan fingerprint density at radius 2 is 1.96 bits per heavy atom. The summed E-state index contributed by atoms with van der Waals surface area (Å²) in [6.45, 7) is 5.10. The lowest BCUT2D eigenvalue weighted by molar-refractivity contribution is -0.137. The van der Waals surface area contributed by atoms with Crippen molar-refractivity contribution in [3.05, 3.63) is 24.3 Å². The first-order chi connectivity index (χ1) is 12.8. The molecule has 2 atom stereocenters. The number of sulfone groups is 1. The summed E-state index contributed by atoms with van der Waals surface area (Å²) in [7, 11) is -3.06. The monoisotopic (exact) mass is 394 g/mol. The van der Waals surface area contributed by atoms with Crippen LogP contribution in [-0.2, 0) is 19.4 Å². The molecule has 3 rings (SSSR count). The molecule has 2 saturated heterocycles. The first-order valence-electron chi connectivity index (χ1n) is 9.38. The van der Waals surface area contributed by atoms with Crippen molar-refractivity contribution in [1.29, 1.82) is 0 Å². The zero-order valence-corrected chi connectivity index (χ0v) is 16.6. The highest BCUT2D eigenvalue weighted by Gasteiger charge is 2.41. The van der Waals surface area contributed by atoms with Gasteiger partial charge in [-0.2, -0.15) is 0 Å². The van der Waals surface area contributed by atoms with Crippen molar-refractivity contribution in [2.24, 2.45) is 5.92 Å². The number of carbonyl (C=O) groups excluding carboxylic acids is 2. The third-order valence-electron chi connectivity index (χ3n) is 5.21. The normalized spacial score (nSPS) is 24.2. The molecule has 2 aliphatic rings. The third-order valence-corrected chi connectivity index (χ3v) is 6.96. The van der Waals surface area contributed by atoms with Gasteiger partial charge in [-0.05, 0) is 44.5 Å². The molecule has 2 fully saturated rings. The Hall–Kier alpha value is -2.09. The summed E-state index contributed by atoms with van der Waals surface area (Å²) in [6, 6.07) is 6.97. The van der Waals surface area contributed by atoms with Crippen LogP contribution in [0.5, 0.6) is 5.75 Å². The molecule has 1 aromatic carbocycles. The van der Waals surface area contributed by atoms with E-state index in [0.717, 1.165) is 11.4 Å². The minimum absolute atomic E-state index is 0.0237. The Morgan fingerprint density at radius 3 is 2.52 bits per heavy atom. The fraction of sp³-hybridized carbons (Fsp3) is 0.579. The molecule has 1 aromatic rings. The number of benzene rings is 1. The number of amides is 2. The maximum Gasteiger partial charge on any atom is 0.228 e. The molecule has 2 amide bonds. The Morgan fingerprint density at radius 1 is 1.26 bits per heavy atom. The number of hydrogen-bond acceptors (Lipinski definition) is 5. The molecule has 7 nitrogen and oxygen atoms in total. The number of hydrogen-bond donors (Lipinski definition) is 0. The minimum atomic E-state index is -3.06. The van der Waals surface area contributed by atoms with Crippen LogP contribution >= 0.6 is 0 Å². The van der Waals surface area contributed by atoms with Gasteiger partial charge >= 0.3 is 0 Å². The fourth-order valence-corrected chi connectivity index (χ4v) is 5.59. The van der Waals surface area contributed by atoms with Crippen molar-refractivity contribution in [3.8, 4) is 5.75 Å². The van der Waals surface area contributed by atoms with Crippen molar-refractivity contribution in [1.82, 2.24) is 4.90 Å². The molecule has 27 heavy (non-hydrogen) atoms. The molecule has 0 saturated carbocycles. The van der Waals surface area contributed by atoms with E-state index < -0.39 is 15.8 Å². The van der Waals surface area contributed by atoms with Gasteiger partial charge in [-0.25, -0.2) is 8.42 Å². The van der Waals surface area contributed by atoms with Gasteiger partial charge in [0.05, 0.1) is 24.0 Å². The molecule has 0 spiro atoms. The largest absolute Gasteiger partial charge is 0.494 e. The maximum absolute atomic E-state index is 13.0. The van der Waals surface area contributed by atoms with Crippen LogP contribution < -0.4 is 9.64 Å². The van der Waals surface area contributed by atoms with E-state index in [1.165, 1.54) is 0 Å². The van der Waals surface area contributed by atoms with Crippen molar-refractivity contribution in [3.63, 3.8) is 0 Å². The molecule has 2 heterocycles. The van der Waals surface area contributed by atoms with Crippen molar-refractivity contribution in [2.45, 2.75) is 32.7 Å². The van der Waals surface area contributed by atoms with Gasteiger partial charge in [0.15, 0.2) is 9.84 Å². The van der Waals surface area contributed by atoms with Crippen LogP contribution in [0.4, 0.5) is 5.69 Å². The molecular weight excluding hydrogens is 368 g/mol. The Labute approximate surface area is 160 Å². The standard InChI is InChI=1S/C19H26N2O5S/c1-3-20(16-9-10-27(24,25)13-16)19(23)14-11-18(22)21(12-14)15-5-7-17(8-6-15)26-4-2/h5-8,14,16H,3-4,9-13H2,1-2H3. The van der Waals surface area contributed by atoms with E-state index in [1.54, 1.807) is 9.80 Å². The molecule has 0 N–H and O–H groups in total. The zero-order valence-electron chi connectivity index (χ0n) is 15.8. The van der Waals surface area contributed by atoms with Crippen LogP contribution in [-0.4, -0.2) is 62.4 Å². The first kappa shape index (κ1) is 19.7. The van der Waals surface area contributed by atoms with Gasteiger partial charge < -0.3 is 14.5 Å². The summed E-state index contributed by atoms with van der Waals surface area (Å²) in [5.74, 6) is 0.237. The van der Waals surface area contributed by atoms with Crippen LogP contribution in [0.25, 0.3) is 0 Å². The minimum Gasteiger partial charge on any atom is -0.494 e. The Kier molecular flexibility index (Phi) is 5.74. The van der Waals surface area contributed by atoms with Gasteiger partial charge in [0, 0.05) is 31.2 Å². The topological polar surface area (TPSA) is 84.0 Å². The molecule has 0 aromatic heterocycles. The fourth-order valence-electron chi connectivity index (χ4n) is 3.86. The van der Waals surface area contributed by atoms with Gasteiger partial charge in [0.2, 0.25) is 11.8 Å². The van der Waals surface area contributed by atoms with E-state index in [4.69, 9.17) is 4.74 Å². The average molecular weight is 394 g/mol. The van der Waals surface area contributed by atoms with E-state index in [9.17, 15) is 18.0 Å². The predicted molar refractivity (Wildman–Crippen MR) is 103 cm³/mol. The summed E-state index contributed by atoms with van der Waals surface area (Å²) in [4.78, 5) is 28.7. The lowest BCUT2D eigenvalue weighted by Crippen LogP contribution is -2.44. The highest BCUT2D eigenvalue weighted by Crippen LogP contribution is 2.29. The predicted octanol–water partition coefficient (Wildman–Crippen LogP) is 1.47. The van der Waals surface area contributed by atoms with Crippen LogP contribution in [0.1, 0.15) is 26.7 Å². The maximum atomic E-state index is 13.0.